The Bertz CT molecular complexity index is 1080. The molecule has 0 saturated carbocycles. The number of benzene rings is 1. The number of hydrogen-bond donors (Lipinski definition) is 1. The Morgan fingerprint density at radius 2 is 2.03 bits per heavy atom. The summed E-state index contributed by atoms with van der Waals surface area (Å²) in [6.07, 6.45) is 2.80. The van der Waals surface area contributed by atoms with E-state index >= 15 is 0 Å². The predicted octanol–water partition coefficient (Wildman–Crippen LogP) is 2.99. The second kappa shape index (κ2) is 8.64. The van der Waals surface area contributed by atoms with Crippen LogP contribution in [0, 0.1) is 0 Å². The summed E-state index contributed by atoms with van der Waals surface area (Å²) in [5.74, 6) is 1.15. The van der Waals surface area contributed by atoms with Gasteiger partial charge in [0.25, 0.3) is 0 Å². The molecule has 0 atom stereocenters. The second-order valence-corrected chi connectivity index (χ2v) is 8.00. The highest BCUT2D eigenvalue weighted by Gasteiger charge is 2.20. The lowest BCUT2D eigenvalue weighted by molar-refractivity contribution is 0.123. The molecule has 1 aromatic carbocycles. The SMILES string of the molecule is CCOc1nc2c(cc1Nc1ncc3cccc(N4CCOCC4)c3n1)CN(C)CC2. The van der Waals surface area contributed by atoms with Gasteiger partial charge in [0.2, 0.25) is 11.8 Å². The van der Waals surface area contributed by atoms with Gasteiger partial charge < -0.3 is 24.6 Å². The van der Waals surface area contributed by atoms with E-state index < -0.39 is 0 Å². The van der Waals surface area contributed by atoms with Crippen molar-refractivity contribution in [3.05, 3.63) is 41.7 Å². The van der Waals surface area contributed by atoms with Crippen molar-refractivity contribution in [3.63, 3.8) is 0 Å². The van der Waals surface area contributed by atoms with Crippen LogP contribution in [-0.4, -0.2) is 66.4 Å². The first-order valence-corrected chi connectivity index (χ1v) is 10.9. The average Bonchev–Trinajstić information content (AvgIpc) is 2.80. The van der Waals surface area contributed by atoms with Crippen molar-refractivity contribution in [1.29, 1.82) is 0 Å². The highest BCUT2D eigenvalue weighted by molar-refractivity contribution is 5.91. The van der Waals surface area contributed by atoms with Gasteiger partial charge >= 0.3 is 0 Å². The molecule has 0 bridgehead atoms. The fourth-order valence-electron chi connectivity index (χ4n) is 4.21. The van der Waals surface area contributed by atoms with Crippen molar-refractivity contribution in [2.75, 3.05) is 56.7 Å². The van der Waals surface area contributed by atoms with E-state index in [9.17, 15) is 0 Å². The largest absolute Gasteiger partial charge is 0.476 e. The molecule has 0 unspecified atom stereocenters. The number of nitrogens with one attached hydrogen (secondary N) is 1. The maximum absolute atomic E-state index is 5.84. The normalized spacial score (nSPS) is 16.9. The monoisotopic (exact) mass is 420 g/mol. The Kier molecular flexibility index (Phi) is 5.57. The van der Waals surface area contributed by atoms with Crippen molar-refractivity contribution < 1.29 is 9.47 Å². The van der Waals surface area contributed by atoms with Gasteiger partial charge in [0.05, 0.1) is 36.7 Å². The number of rotatable bonds is 5. The maximum atomic E-state index is 5.84. The summed E-state index contributed by atoms with van der Waals surface area (Å²) in [4.78, 5) is 18.9. The first-order valence-electron chi connectivity index (χ1n) is 10.9. The van der Waals surface area contributed by atoms with Crippen LogP contribution in [0.5, 0.6) is 5.88 Å². The molecule has 1 saturated heterocycles. The van der Waals surface area contributed by atoms with Crippen molar-refractivity contribution in [3.8, 4) is 5.88 Å². The lowest BCUT2D eigenvalue weighted by atomic mass is 10.1. The number of anilines is 3. The van der Waals surface area contributed by atoms with Crippen LogP contribution in [0.1, 0.15) is 18.2 Å². The minimum atomic E-state index is 0.542. The first kappa shape index (κ1) is 20.0. The van der Waals surface area contributed by atoms with E-state index in [0.717, 1.165) is 73.8 Å². The van der Waals surface area contributed by atoms with Crippen LogP contribution in [0.15, 0.2) is 30.5 Å². The number of likely N-dealkylation sites (N-methyl/N-ethyl adjacent to an activating group) is 1. The fraction of sp³-hybridized carbons (Fsp3) is 0.435. The number of pyridine rings is 1. The molecule has 31 heavy (non-hydrogen) atoms. The topological polar surface area (TPSA) is 75.6 Å². The third kappa shape index (κ3) is 4.13. The van der Waals surface area contributed by atoms with Gasteiger partial charge in [-0.05, 0) is 31.7 Å². The van der Waals surface area contributed by atoms with E-state index in [-0.39, 0.29) is 0 Å². The van der Waals surface area contributed by atoms with E-state index in [1.807, 2.05) is 19.2 Å². The minimum Gasteiger partial charge on any atom is -0.476 e. The molecule has 4 heterocycles. The molecule has 1 fully saturated rings. The summed E-state index contributed by atoms with van der Waals surface area (Å²) in [7, 11) is 2.13. The molecule has 0 aliphatic carbocycles. The van der Waals surface area contributed by atoms with Crippen LogP contribution >= 0.6 is 0 Å². The molecular formula is C23H28N6O2. The minimum absolute atomic E-state index is 0.542. The second-order valence-electron chi connectivity index (χ2n) is 8.00. The molecule has 2 aliphatic rings. The third-order valence-electron chi connectivity index (χ3n) is 5.80. The van der Waals surface area contributed by atoms with Crippen LogP contribution in [0.4, 0.5) is 17.3 Å². The quantitative estimate of drug-likeness (QED) is 0.675. The van der Waals surface area contributed by atoms with E-state index in [1.54, 1.807) is 0 Å². The highest BCUT2D eigenvalue weighted by Crippen LogP contribution is 2.31. The van der Waals surface area contributed by atoms with Crippen molar-refractivity contribution in [1.82, 2.24) is 19.9 Å². The fourth-order valence-corrected chi connectivity index (χ4v) is 4.21. The third-order valence-corrected chi connectivity index (χ3v) is 5.80. The van der Waals surface area contributed by atoms with Crippen LogP contribution in [0.2, 0.25) is 0 Å². The standard InChI is InChI=1S/C23H28N6O2/c1-3-31-22-19(13-17-15-28(2)8-7-18(17)25-22)26-23-24-14-16-5-4-6-20(21(16)27-23)29-9-11-30-12-10-29/h4-6,13-14H,3,7-12,15H2,1-2H3,(H,24,26,27). The number of fused-ring (bicyclic) bond motifs is 2. The molecule has 2 aliphatic heterocycles. The number of hydrogen-bond acceptors (Lipinski definition) is 8. The Labute approximate surface area is 182 Å². The summed E-state index contributed by atoms with van der Waals surface area (Å²) in [6.45, 7) is 7.61. The van der Waals surface area contributed by atoms with Gasteiger partial charge in [-0.3, -0.25) is 0 Å². The van der Waals surface area contributed by atoms with Gasteiger partial charge in [0.15, 0.2) is 0 Å². The summed E-state index contributed by atoms with van der Waals surface area (Å²) >= 11 is 0. The highest BCUT2D eigenvalue weighted by atomic mass is 16.5. The lowest BCUT2D eigenvalue weighted by Crippen LogP contribution is -2.36. The molecule has 3 aromatic rings. The van der Waals surface area contributed by atoms with Gasteiger partial charge in [-0.25, -0.2) is 15.0 Å². The number of ether oxygens (including phenoxy) is 2. The first-order chi connectivity index (χ1) is 15.2. The van der Waals surface area contributed by atoms with E-state index in [4.69, 9.17) is 19.4 Å². The van der Waals surface area contributed by atoms with Crippen LogP contribution < -0.4 is 15.0 Å². The van der Waals surface area contributed by atoms with Gasteiger partial charge in [-0.2, -0.15) is 0 Å². The van der Waals surface area contributed by atoms with Gasteiger partial charge in [0, 0.05) is 44.2 Å². The van der Waals surface area contributed by atoms with Gasteiger partial charge in [-0.15, -0.1) is 0 Å². The summed E-state index contributed by atoms with van der Waals surface area (Å²) in [5.41, 5.74) is 5.18. The van der Waals surface area contributed by atoms with Crippen molar-refractivity contribution >= 4 is 28.2 Å². The Morgan fingerprint density at radius 1 is 1.16 bits per heavy atom. The lowest BCUT2D eigenvalue weighted by Gasteiger charge is -2.29. The summed E-state index contributed by atoms with van der Waals surface area (Å²) < 4.78 is 11.4. The van der Waals surface area contributed by atoms with E-state index in [1.165, 1.54) is 5.56 Å². The Morgan fingerprint density at radius 3 is 2.87 bits per heavy atom. The van der Waals surface area contributed by atoms with Gasteiger partial charge in [-0.1, -0.05) is 12.1 Å². The number of nitrogens with zero attached hydrogens (tertiary/aromatic N) is 5. The molecule has 8 heteroatoms. The van der Waals surface area contributed by atoms with Crippen molar-refractivity contribution in [2.24, 2.45) is 0 Å². The smallest absolute Gasteiger partial charge is 0.238 e. The van der Waals surface area contributed by atoms with Crippen LogP contribution in [0.25, 0.3) is 10.9 Å². The Balaban J connectivity index is 1.50. The number of para-hydroxylation sites is 1. The Hall–Kier alpha value is -2.97. The van der Waals surface area contributed by atoms with Crippen LogP contribution in [0.3, 0.4) is 0 Å². The molecule has 0 spiro atoms. The molecule has 162 valence electrons. The van der Waals surface area contributed by atoms with E-state index in [0.29, 0.717) is 18.4 Å². The number of morpholine rings is 1. The summed E-state index contributed by atoms with van der Waals surface area (Å²) in [6, 6.07) is 8.35. The zero-order valence-electron chi connectivity index (χ0n) is 18.1. The predicted molar refractivity (Wildman–Crippen MR) is 121 cm³/mol. The molecule has 1 N–H and O–H groups in total. The van der Waals surface area contributed by atoms with Gasteiger partial charge in [0.1, 0.15) is 5.69 Å². The van der Waals surface area contributed by atoms with E-state index in [2.05, 4.69) is 45.3 Å². The zero-order valence-corrected chi connectivity index (χ0v) is 18.1. The molecule has 0 amide bonds. The zero-order chi connectivity index (χ0) is 21.2. The van der Waals surface area contributed by atoms with Crippen molar-refractivity contribution in [2.45, 2.75) is 19.9 Å². The van der Waals surface area contributed by atoms with Crippen LogP contribution in [-0.2, 0) is 17.7 Å². The molecule has 0 radical (unpaired) electrons. The average molecular weight is 421 g/mol. The molecule has 2 aromatic heterocycles. The maximum Gasteiger partial charge on any atom is 0.238 e. The molecule has 8 nitrogen and oxygen atoms in total. The number of aromatic nitrogens is 3. The molecule has 5 rings (SSSR count). The molecular weight excluding hydrogens is 392 g/mol. The summed E-state index contributed by atoms with van der Waals surface area (Å²) in [5, 5.41) is 4.39.